The molecule has 1 aromatic rings. The Labute approximate surface area is 197 Å². The SMILES string of the molecule is COc1cc2c(cc1OC)CN(C(=O)CN1CCN(CC(=O)N3CCCCCC3)CC1)CC2. The third-order valence-corrected chi connectivity index (χ3v) is 7.21. The van der Waals surface area contributed by atoms with E-state index in [1.807, 2.05) is 21.9 Å². The highest BCUT2D eigenvalue weighted by atomic mass is 16.5. The number of hydrogen-bond acceptors (Lipinski definition) is 6. The molecule has 4 rings (SSSR count). The molecule has 2 amide bonds. The summed E-state index contributed by atoms with van der Waals surface area (Å²) < 4.78 is 10.8. The third kappa shape index (κ3) is 5.98. The monoisotopic (exact) mass is 458 g/mol. The molecule has 3 aliphatic heterocycles. The molecule has 33 heavy (non-hydrogen) atoms. The minimum atomic E-state index is 0.171. The minimum Gasteiger partial charge on any atom is -0.493 e. The molecule has 182 valence electrons. The number of amides is 2. The van der Waals surface area contributed by atoms with Gasteiger partial charge < -0.3 is 19.3 Å². The van der Waals surface area contributed by atoms with Gasteiger partial charge in [-0.05, 0) is 42.5 Å². The number of likely N-dealkylation sites (tertiary alicyclic amines) is 1. The van der Waals surface area contributed by atoms with E-state index in [4.69, 9.17) is 9.47 Å². The number of rotatable bonds is 6. The molecule has 3 aliphatic rings. The number of carbonyl (C=O) groups is 2. The van der Waals surface area contributed by atoms with Crippen molar-refractivity contribution < 1.29 is 19.1 Å². The number of methoxy groups -OCH3 is 2. The molecular weight excluding hydrogens is 420 g/mol. The van der Waals surface area contributed by atoms with E-state index in [-0.39, 0.29) is 11.8 Å². The summed E-state index contributed by atoms with van der Waals surface area (Å²) in [7, 11) is 3.28. The summed E-state index contributed by atoms with van der Waals surface area (Å²) in [6.07, 6.45) is 5.56. The van der Waals surface area contributed by atoms with Gasteiger partial charge in [0.2, 0.25) is 11.8 Å². The third-order valence-electron chi connectivity index (χ3n) is 7.21. The number of nitrogens with zero attached hydrogens (tertiary/aromatic N) is 4. The fourth-order valence-corrected chi connectivity index (χ4v) is 5.10. The molecular formula is C25H38N4O4. The second kappa shape index (κ2) is 11.2. The van der Waals surface area contributed by atoms with E-state index in [0.29, 0.717) is 25.4 Å². The predicted octanol–water partition coefficient (Wildman–Crippen LogP) is 1.61. The summed E-state index contributed by atoms with van der Waals surface area (Å²) in [5, 5.41) is 0. The molecule has 0 saturated carbocycles. The molecule has 8 nitrogen and oxygen atoms in total. The van der Waals surface area contributed by atoms with Crippen LogP contribution in [-0.4, -0.2) is 105 Å². The second-order valence-corrected chi connectivity index (χ2v) is 9.39. The van der Waals surface area contributed by atoms with Crippen LogP contribution in [0.1, 0.15) is 36.8 Å². The van der Waals surface area contributed by atoms with E-state index in [0.717, 1.165) is 76.4 Å². The van der Waals surface area contributed by atoms with E-state index < -0.39 is 0 Å². The molecule has 0 bridgehead atoms. The van der Waals surface area contributed by atoms with Gasteiger partial charge in [-0.15, -0.1) is 0 Å². The van der Waals surface area contributed by atoms with Crippen molar-refractivity contribution in [1.82, 2.24) is 19.6 Å². The Bertz CT molecular complexity index is 830. The number of piperazine rings is 1. The first-order valence-electron chi connectivity index (χ1n) is 12.3. The maximum Gasteiger partial charge on any atom is 0.237 e. The highest BCUT2D eigenvalue weighted by molar-refractivity contribution is 5.79. The van der Waals surface area contributed by atoms with Gasteiger partial charge in [0.05, 0.1) is 27.3 Å². The lowest BCUT2D eigenvalue weighted by molar-refractivity contribution is -0.135. The predicted molar refractivity (Wildman–Crippen MR) is 127 cm³/mol. The first-order chi connectivity index (χ1) is 16.1. The molecule has 2 saturated heterocycles. The molecule has 0 atom stereocenters. The zero-order valence-electron chi connectivity index (χ0n) is 20.2. The Kier molecular flexibility index (Phi) is 8.09. The summed E-state index contributed by atoms with van der Waals surface area (Å²) in [5.41, 5.74) is 2.35. The Morgan fingerprint density at radius 3 is 1.76 bits per heavy atom. The standard InChI is InChI=1S/C25H38N4O4/c1-32-22-15-20-7-10-29(17-21(20)16-23(22)33-2)25(31)19-27-13-11-26(12-14-27)18-24(30)28-8-5-3-4-6-9-28/h15-16H,3-14,17-19H2,1-2H3. The Balaban J connectivity index is 1.24. The largest absolute Gasteiger partial charge is 0.493 e. The van der Waals surface area contributed by atoms with Gasteiger partial charge in [-0.2, -0.15) is 0 Å². The maximum absolute atomic E-state index is 13.0. The number of hydrogen-bond donors (Lipinski definition) is 0. The van der Waals surface area contributed by atoms with Gasteiger partial charge in [0, 0.05) is 52.4 Å². The number of ether oxygens (including phenoxy) is 2. The quantitative estimate of drug-likeness (QED) is 0.645. The summed E-state index contributed by atoms with van der Waals surface area (Å²) in [4.78, 5) is 34.1. The van der Waals surface area contributed by atoms with Crippen molar-refractivity contribution >= 4 is 11.8 Å². The molecule has 1 aromatic carbocycles. The van der Waals surface area contributed by atoms with Crippen LogP contribution in [-0.2, 0) is 22.6 Å². The highest BCUT2D eigenvalue weighted by Gasteiger charge is 2.27. The number of fused-ring (bicyclic) bond motifs is 1. The average molecular weight is 459 g/mol. The van der Waals surface area contributed by atoms with Gasteiger partial charge in [0.1, 0.15) is 0 Å². The minimum absolute atomic E-state index is 0.171. The van der Waals surface area contributed by atoms with E-state index in [1.54, 1.807) is 14.2 Å². The highest BCUT2D eigenvalue weighted by Crippen LogP contribution is 2.33. The number of benzene rings is 1. The van der Waals surface area contributed by atoms with Crippen molar-refractivity contribution in [2.24, 2.45) is 0 Å². The summed E-state index contributed by atoms with van der Waals surface area (Å²) in [5.74, 6) is 1.88. The topological polar surface area (TPSA) is 65.6 Å². The Hall–Kier alpha value is -2.32. The van der Waals surface area contributed by atoms with Gasteiger partial charge in [-0.3, -0.25) is 19.4 Å². The lowest BCUT2D eigenvalue weighted by Crippen LogP contribution is -2.52. The van der Waals surface area contributed by atoms with Crippen LogP contribution in [0.15, 0.2) is 12.1 Å². The molecule has 0 aliphatic carbocycles. The second-order valence-electron chi connectivity index (χ2n) is 9.39. The van der Waals surface area contributed by atoms with Crippen molar-refractivity contribution in [3.8, 4) is 11.5 Å². The zero-order chi connectivity index (χ0) is 23.2. The molecule has 8 heteroatoms. The van der Waals surface area contributed by atoms with Gasteiger partial charge in [-0.25, -0.2) is 0 Å². The van der Waals surface area contributed by atoms with E-state index in [2.05, 4.69) is 9.80 Å². The van der Waals surface area contributed by atoms with Crippen LogP contribution in [0.4, 0.5) is 0 Å². The lowest BCUT2D eigenvalue weighted by atomic mass is 9.98. The van der Waals surface area contributed by atoms with Crippen LogP contribution in [0, 0.1) is 0 Å². The first-order valence-corrected chi connectivity index (χ1v) is 12.3. The van der Waals surface area contributed by atoms with Crippen molar-refractivity contribution in [3.63, 3.8) is 0 Å². The fraction of sp³-hybridized carbons (Fsp3) is 0.680. The normalized spacial score (nSPS) is 20.2. The molecule has 2 fully saturated rings. The van der Waals surface area contributed by atoms with Crippen molar-refractivity contribution in [2.75, 3.05) is 73.1 Å². The molecule has 0 aromatic heterocycles. The van der Waals surface area contributed by atoms with Gasteiger partial charge in [0.15, 0.2) is 11.5 Å². The Morgan fingerprint density at radius 2 is 1.21 bits per heavy atom. The summed E-state index contributed by atoms with van der Waals surface area (Å²) in [6.45, 7) is 7.44. The molecule has 0 unspecified atom stereocenters. The zero-order valence-corrected chi connectivity index (χ0v) is 20.2. The van der Waals surface area contributed by atoms with Crippen molar-refractivity contribution in [3.05, 3.63) is 23.3 Å². The molecule has 0 spiro atoms. The van der Waals surface area contributed by atoms with Crippen molar-refractivity contribution in [2.45, 2.75) is 38.6 Å². The molecule has 0 N–H and O–H groups in total. The maximum atomic E-state index is 13.0. The lowest BCUT2D eigenvalue weighted by Gasteiger charge is -2.36. The molecule has 3 heterocycles. The van der Waals surface area contributed by atoms with Crippen molar-refractivity contribution in [1.29, 1.82) is 0 Å². The number of carbonyl (C=O) groups excluding carboxylic acids is 2. The fourth-order valence-electron chi connectivity index (χ4n) is 5.10. The van der Waals surface area contributed by atoms with Crippen LogP contribution in [0.25, 0.3) is 0 Å². The molecule has 0 radical (unpaired) electrons. The van der Waals surface area contributed by atoms with Gasteiger partial charge in [-0.1, -0.05) is 12.8 Å². The summed E-state index contributed by atoms with van der Waals surface area (Å²) >= 11 is 0. The van der Waals surface area contributed by atoms with Crippen LogP contribution < -0.4 is 9.47 Å². The van der Waals surface area contributed by atoms with Crippen LogP contribution in [0.5, 0.6) is 11.5 Å². The van der Waals surface area contributed by atoms with Crippen LogP contribution in [0.2, 0.25) is 0 Å². The van der Waals surface area contributed by atoms with Gasteiger partial charge >= 0.3 is 0 Å². The van der Waals surface area contributed by atoms with Crippen LogP contribution >= 0.6 is 0 Å². The smallest absolute Gasteiger partial charge is 0.237 e. The summed E-state index contributed by atoms with van der Waals surface area (Å²) in [6, 6.07) is 4.02. The first kappa shape index (κ1) is 23.8. The van der Waals surface area contributed by atoms with Gasteiger partial charge in [0.25, 0.3) is 0 Å². The van der Waals surface area contributed by atoms with E-state index >= 15 is 0 Å². The van der Waals surface area contributed by atoms with E-state index in [9.17, 15) is 9.59 Å². The Morgan fingerprint density at radius 1 is 0.697 bits per heavy atom. The van der Waals surface area contributed by atoms with E-state index in [1.165, 1.54) is 18.4 Å². The average Bonchev–Trinajstić information content (AvgIpc) is 3.13. The van der Waals surface area contributed by atoms with Crippen LogP contribution in [0.3, 0.4) is 0 Å².